The maximum atomic E-state index is 5.93. The van der Waals surface area contributed by atoms with Crippen LogP contribution in [0.4, 0.5) is 0 Å². The first-order valence-corrected chi connectivity index (χ1v) is 5.24. The Balaban J connectivity index is 0.000000561. The molecule has 0 spiro atoms. The van der Waals surface area contributed by atoms with E-state index < -0.39 is 0 Å². The molecular formula is C10H24N2. The van der Waals surface area contributed by atoms with Crippen molar-refractivity contribution in [2.24, 2.45) is 11.7 Å². The molecular weight excluding hydrogens is 148 g/mol. The molecule has 0 amide bonds. The van der Waals surface area contributed by atoms with E-state index in [-0.39, 0.29) is 0 Å². The highest BCUT2D eigenvalue weighted by Crippen LogP contribution is 2.26. The normalized spacial score (nSPS) is 20.0. The van der Waals surface area contributed by atoms with Crippen LogP contribution in [0.1, 0.15) is 39.5 Å². The van der Waals surface area contributed by atoms with E-state index in [1.807, 2.05) is 20.9 Å². The van der Waals surface area contributed by atoms with Gasteiger partial charge in [-0.2, -0.15) is 0 Å². The maximum absolute atomic E-state index is 5.93. The maximum Gasteiger partial charge on any atom is 0.0193 e. The van der Waals surface area contributed by atoms with Crippen LogP contribution >= 0.6 is 0 Å². The summed E-state index contributed by atoms with van der Waals surface area (Å²) in [6.45, 7) is 4.98. The molecule has 1 aliphatic carbocycles. The molecule has 0 bridgehead atoms. The SMILES string of the molecule is CC.CNCC(N)C1CCCC1. The van der Waals surface area contributed by atoms with E-state index in [4.69, 9.17) is 5.73 Å². The monoisotopic (exact) mass is 172 g/mol. The highest BCUT2D eigenvalue weighted by Gasteiger charge is 2.20. The van der Waals surface area contributed by atoms with Crippen LogP contribution in [0.15, 0.2) is 0 Å². The second-order valence-corrected chi connectivity index (χ2v) is 3.27. The minimum Gasteiger partial charge on any atom is -0.326 e. The number of nitrogens with one attached hydrogen (secondary N) is 1. The van der Waals surface area contributed by atoms with Crippen LogP contribution in [-0.2, 0) is 0 Å². The number of hydrogen-bond donors (Lipinski definition) is 2. The number of likely N-dealkylation sites (N-methyl/N-ethyl adjacent to an activating group) is 1. The molecule has 1 atom stereocenters. The lowest BCUT2D eigenvalue weighted by molar-refractivity contribution is 0.419. The quantitative estimate of drug-likeness (QED) is 0.680. The lowest BCUT2D eigenvalue weighted by Crippen LogP contribution is -2.37. The van der Waals surface area contributed by atoms with Gasteiger partial charge in [0.2, 0.25) is 0 Å². The van der Waals surface area contributed by atoms with Crippen molar-refractivity contribution in [1.82, 2.24) is 5.32 Å². The van der Waals surface area contributed by atoms with Crippen molar-refractivity contribution in [3.63, 3.8) is 0 Å². The zero-order valence-corrected chi connectivity index (χ0v) is 8.77. The average Bonchev–Trinajstić information content (AvgIpc) is 2.60. The zero-order valence-electron chi connectivity index (χ0n) is 8.77. The summed E-state index contributed by atoms with van der Waals surface area (Å²) in [4.78, 5) is 0. The summed E-state index contributed by atoms with van der Waals surface area (Å²) in [7, 11) is 1.97. The van der Waals surface area contributed by atoms with E-state index in [1.54, 1.807) is 0 Å². The van der Waals surface area contributed by atoms with Gasteiger partial charge in [-0.1, -0.05) is 26.7 Å². The van der Waals surface area contributed by atoms with Crippen LogP contribution in [0.3, 0.4) is 0 Å². The Hall–Kier alpha value is -0.0800. The molecule has 12 heavy (non-hydrogen) atoms. The highest BCUT2D eigenvalue weighted by molar-refractivity contribution is 4.78. The van der Waals surface area contributed by atoms with Crippen LogP contribution in [0.2, 0.25) is 0 Å². The van der Waals surface area contributed by atoms with E-state index >= 15 is 0 Å². The zero-order chi connectivity index (χ0) is 9.40. The van der Waals surface area contributed by atoms with Crippen molar-refractivity contribution >= 4 is 0 Å². The first-order valence-electron chi connectivity index (χ1n) is 5.24. The molecule has 0 aromatic carbocycles. The Morgan fingerprint density at radius 3 is 2.25 bits per heavy atom. The minimum absolute atomic E-state index is 0.396. The molecule has 1 saturated carbocycles. The lowest BCUT2D eigenvalue weighted by atomic mass is 9.99. The predicted molar refractivity (Wildman–Crippen MR) is 55.2 cm³/mol. The van der Waals surface area contributed by atoms with Gasteiger partial charge in [0.25, 0.3) is 0 Å². The topological polar surface area (TPSA) is 38.0 Å². The second-order valence-electron chi connectivity index (χ2n) is 3.27. The molecule has 0 heterocycles. The van der Waals surface area contributed by atoms with Crippen LogP contribution < -0.4 is 11.1 Å². The fourth-order valence-electron chi connectivity index (χ4n) is 1.79. The third kappa shape index (κ3) is 4.07. The van der Waals surface area contributed by atoms with Gasteiger partial charge in [-0.15, -0.1) is 0 Å². The van der Waals surface area contributed by atoms with Gasteiger partial charge in [0.1, 0.15) is 0 Å². The Labute approximate surface area is 76.9 Å². The molecule has 2 heteroatoms. The van der Waals surface area contributed by atoms with Gasteiger partial charge in [0, 0.05) is 12.6 Å². The minimum atomic E-state index is 0.396. The van der Waals surface area contributed by atoms with Gasteiger partial charge in [0.05, 0.1) is 0 Å². The molecule has 1 unspecified atom stereocenters. The summed E-state index contributed by atoms with van der Waals surface area (Å²) in [5.74, 6) is 0.799. The summed E-state index contributed by atoms with van der Waals surface area (Å²) in [5, 5.41) is 3.12. The van der Waals surface area contributed by atoms with Crippen molar-refractivity contribution in [2.45, 2.75) is 45.6 Å². The first-order chi connectivity index (χ1) is 5.84. The number of rotatable bonds is 3. The van der Waals surface area contributed by atoms with Crippen molar-refractivity contribution in [3.05, 3.63) is 0 Å². The largest absolute Gasteiger partial charge is 0.326 e. The van der Waals surface area contributed by atoms with Crippen LogP contribution in [0, 0.1) is 5.92 Å². The van der Waals surface area contributed by atoms with E-state index in [2.05, 4.69) is 5.32 Å². The fraction of sp³-hybridized carbons (Fsp3) is 1.00. The smallest absolute Gasteiger partial charge is 0.0193 e. The molecule has 1 rings (SSSR count). The first kappa shape index (κ1) is 11.9. The summed E-state index contributed by atoms with van der Waals surface area (Å²) >= 11 is 0. The molecule has 1 fully saturated rings. The molecule has 2 nitrogen and oxygen atoms in total. The molecule has 74 valence electrons. The average molecular weight is 172 g/mol. The molecule has 0 aromatic rings. The Morgan fingerprint density at radius 2 is 1.83 bits per heavy atom. The Morgan fingerprint density at radius 1 is 1.33 bits per heavy atom. The summed E-state index contributed by atoms with van der Waals surface area (Å²) in [5.41, 5.74) is 5.93. The van der Waals surface area contributed by atoms with Gasteiger partial charge in [-0.3, -0.25) is 0 Å². The summed E-state index contributed by atoms with van der Waals surface area (Å²) < 4.78 is 0. The Kier molecular flexibility index (Phi) is 7.51. The van der Waals surface area contributed by atoms with Crippen molar-refractivity contribution in [1.29, 1.82) is 0 Å². The van der Waals surface area contributed by atoms with E-state index in [1.165, 1.54) is 25.7 Å². The molecule has 0 radical (unpaired) electrons. The highest BCUT2D eigenvalue weighted by atomic mass is 14.9. The third-order valence-corrected chi connectivity index (χ3v) is 2.45. The van der Waals surface area contributed by atoms with Crippen molar-refractivity contribution < 1.29 is 0 Å². The Bertz CT molecular complexity index is 87.8. The molecule has 0 saturated heterocycles. The number of hydrogen-bond acceptors (Lipinski definition) is 2. The standard InChI is InChI=1S/C8H18N2.C2H6/c1-10-6-8(9)7-4-2-3-5-7;1-2/h7-8,10H,2-6,9H2,1H3;1-2H3. The van der Waals surface area contributed by atoms with Crippen LogP contribution in [-0.4, -0.2) is 19.6 Å². The van der Waals surface area contributed by atoms with Crippen molar-refractivity contribution in [2.75, 3.05) is 13.6 Å². The van der Waals surface area contributed by atoms with Crippen LogP contribution in [0.25, 0.3) is 0 Å². The fourth-order valence-corrected chi connectivity index (χ4v) is 1.79. The van der Waals surface area contributed by atoms with E-state index in [9.17, 15) is 0 Å². The summed E-state index contributed by atoms with van der Waals surface area (Å²) in [6.07, 6.45) is 5.48. The summed E-state index contributed by atoms with van der Waals surface area (Å²) in [6, 6.07) is 0.396. The molecule has 1 aliphatic rings. The van der Waals surface area contributed by atoms with Crippen LogP contribution in [0.5, 0.6) is 0 Å². The molecule has 0 aromatic heterocycles. The second kappa shape index (κ2) is 7.56. The molecule has 0 aliphatic heterocycles. The van der Waals surface area contributed by atoms with E-state index in [0.29, 0.717) is 6.04 Å². The number of nitrogens with two attached hydrogens (primary N) is 1. The van der Waals surface area contributed by atoms with Gasteiger partial charge in [-0.05, 0) is 25.8 Å². The van der Waals surface area contributed by atoms with Crippen molar-refractivity contribution in [3.8, 4) is 0 Å². The van der Waals surface area contributed by atoms with Gasteiger partial charge in [0.15, 0.2) is 0 Å². The van der Waals surface area contributed by atoms with Gasteiger partial charge >= 0.3 is 0 Å². The lowest BCUT2D eigenvalue weighted by Gasteiger charge is -2.17. The third-order valence-electron chi connectivity index (χ3n) is 2.45. The van der Waals surface area contributed by atoms with Gasteiger partial charge < -0.3 is 11.1 Å². The molecule has 3 N–H and O–H groups in total. The predicted octanol–water partition coefficient (Wildman–Crippen LogP) is 1.75. The van der Waals surface area contributed by atoms with E-state index in [0.717, 1.165) is 12.5 Å². The van der Waals surface area contributed by atoms with Gasteiger partial charge in [-0.25, -0.2) is 0 Å².